The fraction of sp³-hybridized carbons (Fsp3) is 0.438. The van der Waals surface area contributed by atoms with Crippen molar-refractivity contribution in [3.8, 4) is 0 Å². The van der Waals surface area contributed by atoms with Crippen LogP contribution in [0.1, 0.15) is 30.6 Å². The van der Waals surface area contributed by atoms with Gasteiger partial charge in [-0.25, -0.2) is 0 Å². The quantitative estimate of drug-likeness (QED) is 0.835. The van der Waals surface area contributed by atoms with Crippen LogP contribution in [0, 0.1) is 11.8 Å². The second kappa shape index (κ2) is 4.72. The van der Waals surface area contributed by atoms with Crippen molar-refractivity contribution < 1.29 is 4.79 Å². The van der Waals surface area contributed by atoms with Crippen molar-refractivity contribution in [2.45, 2.75) is 20.3 Å². The molecule has 2 aromatic rings. The first-order valence-corrected chi connectivity index (χ1v) is 7.01. The van der Waals surface area contributed by atoms with Crippen LogP contribution < -0.4 is 0 Å². The maximum Gasteiger partial charge on any atom is 0.253 e. The molecule has 1 saturated heterocycles. The minimum absolute atomic E-state index is 0.168. The number of hydrogen-bond acceptors (Lipinski definition) is 1. The minimum Gasteiger partial charge on any atom is -0.361 e. The largest absolute Gasteiger partial charge is 0.361 e. The van der Waals surface area contributed by atoms with Gasteiger partial charge < -0.3 is 9.88 Å². The van der Waals surface area contributed by atoms with E-state index in [2.05, 4.69) is 18.8 Å². The lowest BCUT2D eigenvalue weighted by atomic mass is 9.88. The second-order valence-electron chi connectivity index (χ2n) is 5.77. The van der Waals surface area contributed by atoms with E-state index in [-0.39, 0.29) is 5.91 Å². The van der Waals surface area contributed by atoms with E-state index < -0.39 is 0 Å². The number of nitrogens with one attached hydrogen (secondary N) is 1. The van der Waals surface area contributed by atoms with E-state index in [9.17, 15) is 4.79 Å². The van der Waals surface area contributed by atoms with Gasteiger partial charge in [0.1, 0.15) is 0 Å². The average Bonchev–Trinajstić information content (AvgIpc) is 2.88. The minimum atomic E-state index is 0.168. The molecule has 0 spiro atoms. The molecule has 1 aromatic heterocycles. The molecule has 3 rings (SSSR count). The highest BCUT2D eigenvalue weighted by molar-refractivity contribution is 5.98. The number of rotatable bonds is 1. The SMILES string of the molecule is CC1CCN(C(=O)c2ccc3[nH]ccc3c2)CC1C. The summed E-state index contributed by atoms with van der Waals surface area (Å²) in [4.78, 5) is 17.7. The topological polar surface area (TPSA) is 36.1 Å². The average molecular weight is 256 g/mol. The summed E-state index contributed by atoms with van der Waals surface area (Å²) in [6, 6.07) is 7.90. The van der Waals surface area contributed by atoms with Crippen molar-refractivity contribution in [1.82, 2.24) is 9.88 Å². The number of carbonyl (C=O) groups excluding carboxylic acids is 1. The molecule has 0 aliphatic carbocycles. The predicted molar refractivity (Wildman–Crippen MR) is 77.1 cm³/mol. The van der Waals surface area contributed by atoms with E-state index in [1.807, 2.05) is 35.4 Å². The summed E-state index contributed by atoms with van der Waals surface area (Å²) in [6.45, 7) is 6.28. The van der Waals surface area contributed by atoms with Crippen LogP contribution in [0.25, 0.3) is 10.9 Å². The molecule has 1 amide bonds. The van der Waals surface area contributed by atoms with Crippen molar-refractivity contribution in [3.05, 3.63) is 36.0 Å². The van der Waals surface area contributed by atoms with Crippen LogP contribution in [0.3, 0.4) is 0 Å². The molecule has 1 aromatic carbocycles. The number of likely N-dealkylation sites (tertiary alicyclic amines) is 1. The fourth-order valence-corrected chi connectivity index (χ4v) is 2.82. The van der Waals surface area contributed by atoms with Gasteiger partial charge in [-0.05, 0) is 42.5 Å². The Bertz CT molecular complexity index is 602. The Morgan fingerprint density at radius 2 is 2.11 bits per heavy atom. The zero-order chi connectivity index (χ0) is 13.4. The summed E-state index contributed by atoms with van der Waals surface area (Å²) in [5.74, 6) is 1.48. The van der Waals surface area contributed by atoms with Gasteiger partial charge in [0, 0.05) is 35.8 Å². The van der Waals surface area contributed by atoms with E-state index in [0.717, 1.165) is 41.9 Å². The van der Waals surface area contributed by atoms with Crippen molar-refractivity contribution in [2.75, 3.05) is 13.1 Å². The molecule has 3 heteroatoms. The Kier molecular flexibility index (Phi) is 3.05. The van der Waals surface area contributed by atoms with Gasteiger partial charge in [-0.1, -0.05) is 13.8 Å². The third-order valence-electron chi connectivity index (χ3n) is 4.42. The van der Waals surface area contributed by atoms with Crippen LogP contribution in [0.4, 0.5) is 0 Å². The normalized spacial score (nSPS) is 23.8. The molecule has 1 aliphatic rings. The summed E-state index contributed by atoms with van der Waals surface area (Å²) in [5, 5.41) is 1.10. The Morgan fingerprint density at radius 3 is 2.89 bits per heavy atom. The molecular formula is C16H20N2O. The first kappa shape index (κ1) is 12.3. The molecule has 0 bridgehead atoms. The molecule has 0 radical (unpaired) electrons. The third kappa shape index (κ3) is 2.25. The lowest BCUT2D eigenvalue weighted by molar-refractivity contribution is 0.0627. The van der Waals surface area contributed by atoms with Gasteiger partial charge in [-0.2, -0.15) is 0 Å². The van der Waals surface area contributed by atoms with Gasteiger partial charge in [0.05, 0.1) is 0 Å². The molecule has 100 valence electrons. The zero-order valence-electron chi connectivity index (χ0n) is 11.5. The van der Waals surface area contributed by atoms with Gasteiger partial charge in [0.2, 0.25) is 0 Å². The maximum atomic E-state index is 12.5. The van der Waals surface area contributed by atoms with E-state index in [1.54, 1.807) is 0 Å². The monoisotopic (exact) mass is 256 g/mol. The van der Waals surface area contributed by atoms with Crippen molar-refractivity contribution in [1.29, 1.82) is 0 Å². The van der Waals surface area contributed by atoms with Crippen LogP contribution in [-0.2, 0) is 0 Å². The maximum absolute atomic E-state index is 12.5. The Morgan fingerprint density at radius 1 is 1.26 bits per heavy atom. The van der Waals surface area contributed by atoms with Crippen LogP contribution in [-0.4, -0.2) is 28.9 Å². The Hall–Kier alpha value is -1.77. The Balaban J connectivity index is 1.83. The first-order chi connectivity index (χ1) is 9.15. The van der Waals surface area contributed by atoms with Gasteiger partial charge in [0.15, 0.2) is 0 Å². The highest BCUT2D eigenvalue weighted by atomic mass is 16.2. The van der Waals surface area contributed by atoms with Gasteiger partial charge in [-0.15, -0.1) is 0 Å². The number of nitrogens with zero attached hydrogens (tertiary/aromatic N) is 1. The second-order valence-corrected chi connectivity index (χ2v) is 5.77. The number of H-pyrrole nitrogens is 1. The Labute approximate surface area is 113 Å². The lowest BCUT2D eigenvalue weighted by Crippen LogP contribution is -2.42. The van der Waals surface area contributed by atoms with Crippen LogP contribution in [0.5, 0.6) is 0 Å². The fourth-order valence-electron chi connectivity index (χ4n) is 2.82. The summed E-state index contributed by atoms with van der Waals surface area (Å²) in [6.07, 6.45) is 3.02. The summed E-state index contributed by atoms with van der Waals surface area (Å²) in [7, 11) is 0. The van der Waals surface area contributed by atoms with Gasteiger partial charge in [0.25, 0.3) is 5.91 Å². The van der Waals surface area contributed by atoms with E-state index in [0.29, 0.717) is 5.92 Å². The number of aromatic amines is 1. The number of hydrogen-bond donors (Lipinski definition) is 1. The zero-order valence-corrected chi connectivity index (χ0v) is 11.5. The number of benzene rings is 1. The van der Waals surface area contributed by atoms with Crippen LogP contribution in [0.2, 0.25) is 0 Å². The standard InChI is InChI=1S/C16H20N2O/c1-11-6-8-18(10-12(11)2)16(19)14-3-4-15-13(9-14)5-7-17-15/h3-5,7,9,11-12,17H,6,8,10H2,1-2H3. The number of amides is 1. The highest BCUT2D eigenvalue weighted by Gasteiger charge is 2.26. The molecule has 2 heterocycles. The summed E-state index contributed by atoms with van der Waals surface area (Å²) >= 11 is 0. The molecule has 3 nitrogen and oxygen atoms in total. The summed E-state index contributed by atoms with van der Waals surface area (Å²) < 4.78 is 0. The predicted octanol–water partition coefficient (Wildman–Crippen LogP) is 3.29. The molecule has 1 fully saturated rings. The third-order valence-corrected chi connectivity index (χ3v) is 4.42. The number of piperidine rings is 1. The van der Waals surface area contributed by atoms with E-state index >= 15 is 0 Å². The van der Waals surface area contributed by atoms with E-state index in [4.69, 9.17) is 0 Å². The molecule has 2 atom stereocenters. The molecule has 0 saturated carbocycles. The number of aromatic nitrogens is 1. The molecule has 1 aliphatic heterocycles. The summed E-state index contributed by atoms with van der Waals surface area (Å²) in [5.41, 5.74) is 1.88. The molecule has 1 N–H and O–H groups in total. The molecule has 19 heavy (non-hydrogen) atoms. The first-order valence-electron chi connectivity index (χ1n) is 7.01. The van der Waals surface area contributed by atoms with Gasteiger partial charge in [-0.3, -0.25) is 4.79 Å². The molecular weight excluding hydrogens is 236 g/mol. The van der Waals surface area contributed by atoms with Crippen LogP contribution >= 0.6 is 0 Å². The molecule has 2 unspecified atom stereocenters. The van der Waals surface area contributed by atoms with Crippen molar-refractivity contribution in [2.24, 2.45) is 11.8 Å². The van der Waals surface area contributed by atoms with Crippen LogP contribution in [0.15, 0.2) is 30.5 Å². The van der Waals surface area contributed by atoms with E-state index in [1.165, 1.54) is 0 Å². The number of fused-ring (bicyclic) bond motifs is 1. The number of carbonyl (C=O) groups is 1. The smallest absolute Gasteiger partial charge is 0.253 e. The van der Waals surface area contributed by atoms with Crippen molar-refractivity contribution >= 4 is 16.8 Å². The van der Waals surface area contributed by atoms with Crippen molar-refractivity contribution in [3.63, 3.8) is 0 Å². The van der Waals surface area contributed by atoms with Gasteiger partial charge >= 0.3 is 0 Å². The lowest BCUT2D eigenvalue weighted by Gasteiger charge is -2.35. The highest BCUT2D eigenvalue weighted by Crippen LogP contribution is 2.24.